The fourth-order valence-electron chi connectivity index (χ4n) is 7.07. The first-order valence-electron chi connectivity index (χ1n) is 21.5. The molecule has 14 nitrogen and oxygen atoms in total. The number of rotatable bonds is 20. The molecule has 4 aromatic carbocycles. The maximum absolute atomic E-state index is 13.8. The number of anilines is 2. The minimum Gasteiger partial charge on any atom is -0.481 e. The Morgan fingerprint density at radius 3 is 1.41 bits per heavy atom. The summed E-state index contributed by atoms with van der Waals surface area (Å²) in [5, 5.41) is 20.5. The smallest absolute Gasteiger partial charge is 0.481 e. The van der Waals surface area contributed by atoms with Gasteiger partial charge in [-0.3, -0.25) is 29.0 Å². The number of hydrogen-bond donors (Lipinski definition) is 3. The van der Waals surface area contributed by atoms with E-state index in [0.717, 1.165) is 40.9 Å². The Kier molecular flexibility index (Phi) is 23.5. The van der Waals surface area contributed by atoms with Gasteiger partial charge in [0, 0.05) is 22.2 Å². The van der Waals surface area contributed by atoms with Gasteiger partial charge in [0.25, 0.3) is 0 Å². The Balaban J connectivity index is 0.000000355. The number of carboxylic acid groups (broad SMARTS) is 1. The first-order valence-corrected chi connectivity index (χ1v) is 26.4. The number of aryl methyl sites for hydroxylation is 2. The van der Waals surface area contributed by atoms with E-state index < -0.39 is 80.2 Å². The average Bonchev–Trinajstić information content (AvgIpc) is 3.83. The van der Waals surface area contributed by atoms with Gasteiger partial charge in [0.15, 0.2) is 0 Å². The predicted molar refractivity (Wildman–Crippen MR) is 258 cm³/mol. The van der Waals surface area contributed by atoms with Crippen LogP contribution < -0.4 is 38.2 Å². The summed E-state index contributed by atoms with van der Waals surface area (Å²) >= 11 is 2.41. The van der Waals surface area contributed by atoms with E-state index in [9.17, 15) is 61.5 Å². The quantitative estimate of drug-likeness (QED) is 0.0166. The van der Waals surface area contributed by atoms with Crippen LogP contribution in [0.5, 0.6) is 0 Å². The van der Waals surface area contributed by atoms with Crippen LogP contribution in [0.15, 0.2) is 90.2 Å². The number of thiophene rings is 2. The molecule has 6 rings (SSSR count). The number of benzene rings is 4. The molecule has 0 amide bonds. The Bertz CT molecular complexity index is 3070. The van der Waals surface area contributed by atoms with Gasteiger partial charge in [0.1, 0.15) is 21.6 Å². The Morgan fingerprint density at radius 2 is 1.07 bits per heavy atom. The van der Waals surface area contributed by atoms with Crippen LogP contribution >= 0.6 is 22.7 Å². The molecule has 6 aromatic rings. The largest absolute Gasteiger partial charge is 1.00 e. The van der Waals surface area contributed by atoms with Crippen LogP contribution in [0.3, 0.4) is 0 Å². The minimum absolute atomic E-state index is 0. The first-order chi connectivity index (χ1) is 33.7. The number of carbonyl (C=O) groups is 2. The number of carboxylic acids is 1. The van der Waals surface area contributed by atoms with Gasteiger partial charge < -0.3 is 20.6 Å². The average molecular weight is 1120 g/mol. The van der Waals surface area contributed by atoms with Crippen LogP contribution in [0.4, 0.5) is 45.1 Å². The summed E-state index contributed by atoms with van der Waals surface area (Å²) in [6, 6.07) is 19.4. The van der Waals surface area contributed by atoms with Gasteiger partial charge in [-0.05, 0) is 116 Å². The number of ether oxygens (including phenoxy) is 1. The molecule has 0 aliphatic heterocycles. The van der Waals surface area contributed by atoms with Gasteiger partial charge in [0.2, 0.25) is 20.0 Å². The molecule has 0 radical (unpaired) electrons. The fraction of sp³-hybridized carbons (Fsp3) is 0.348. The van der Waals surface area contributed by atoms with Crippen LogP contribution in [-0.2, 0) is 59.8 Å². The van der Waals surface area contributed by atoms with Crippen LogP contribution in [0, 0.1) is 31.0 Å². The van der Waals surface area contributed by atoms with Crippen molar-refractivity contribution in [1.29, 1.82) is 5.53 Å². The molecule has 0 saturated carbocycles. The number of esters is 1. The predicted octanol–water partition coefficient (Wildman–Crippen LogP) is 10.1. The molecule has 0 unspecified atom stereocenters. The molecule has 0 bridgehead atoms. The van der Waals surface area contributed by atoms with Crippen LogP contribution in [0.2, 0.25) is 0 Å². The normalized spacial score (nSPS) is 11.7. The molecular formula is C46H48F8N5NaO9S4. The summed E-state index contributed by atoms with van der Waals surface area (Å²) < 4.78 is 169. The van der Waals surface area contributed by atoms with E-state index in [4.69, 9.17) is 20.6 Å². The minimum atomic E-state index is -4.92. The summed E-state index contributed by atoms with van der Waals surface area (Å²) in [6.45, 7) is 4.58. The molecule has 2 aromatic heterocycles. The van der Waals surface area contributed by atoms with Crippen LogP contribution in [-0.4, -0.2) is 57.2 Å². The second-order valence-electron chi connectivity index (χ2n) is 15.6. The van der Waals surface area contributed by atoms with Crippen molar-refractivity contribution in [1.82, 2.24) is 0 Å². The zero-order valence-corrected chi connectivity index (χ0v) is 44.8. The topological polar surface area (TPSA) is 209 Å². The Labute approximate surface area is 445 Å². The number of alkyl halides is 6. The zero-order valence-electron chi connectivity index (χ0n) is 39.6. The molecule has 3 N–H and O–H groups in total. The van der Waals surface area contributed by atoms with E-state index >= 15 is 0 Å². The van der Waals surface area contributed by atoms with Crippen LogP contribution in [0.1, 0.15) is 78.8 Å². The SMILES string of the molecule is CCOC(=O)CCCCS(=O)(=O)N(Cc1ccc(F)c(C(F)(F)F)c1)c1sc2ccccc2c1C.Cc1c(N(Cc2ccc(F)c(C(F)(F)F)c2)S(=O)(=O)CCCCC(=O)O)sc2ccccc12.N=N[N-]O.[Na+]. The van der Waals surface area contributed by atoms with Gasteiger partial charge in [0.05, 0.1) is 42.3 Å². The van der Waals surface area contributed by atoms with E-state index in [1.54, 1.807) is 32.9 Å². The molecule has 2 heterocycles. The number of nitrogens with zero attached hydrogens (tertiary/aromatic N) is 4. The van der Waals surface area contributed by atoms with Crippen molar-refractivity contribution in [3.63, 3.8) is 0 Å². The monoisotopic (exact) mass is 1120 g/mol. The molecule has 392 valence electrons. The number of fused-ring (bicyclic) bond motifs is 2. The third-order valence-corrected chi connectivity index (χ3v) is 16.9. The number of unbranched alkanes of at least 4 members (excludes halogenated alkanes) is 2. The summed E-state index contributed by atoms with van der Waals surface area (Å²) in [5.74, 6) is -5.02. The number of hydrogen-bond acceptors (Lipinski definition) is 12. The van der Waals surface area contributed by atoms with Crippen LogP contribution in [0.25, 0.3) is 25.8 Å². The van der Waals surface area contributed by atoms with Crippen molar-refractivity contribution in [2.45, 2.75) is 84.7 Å². The summed E-state index contributed by atoms with van der Waals surface area (Å²) in [4.78, 5) is 22.3. The van der Waals surface area contributed by atoms with Crippen molar-refractivity contribution in [3.05, 3.63) is 136 Å². The fourth-order valence-corrected chi connectivity index (χ4v) is 13.3. The summed E-state index contributed by atoms with van der Waals surface area (Å²) in [6.07, 6.45) is -9.29. The number of carbonyl (C=O) groups excluding carboxylic acids is 1. The summed E-state index contributed by atoms with van der Waals surface area (Å²) in [7, 11) is -8.02. The van der Waals surface area contributed by atoms with E-state index in [1.165, 1.54) is 22.7 Å². The van der Waals surface area contributed by atoms with E-state index in [-0.39, 0.29) is 97.3 Å². The van der Waals surface area contributed by atoms with Gasteiger partial charge >= 0.3 is 53.8 Å². The third kappa shape index (κ3) is 17.6. The number of aliphatic carboxylic acids is 1. The molecule has 0 spiro atoms. The molecular weight excluding hydrogens is 1070 g/mol. The van der Waals surface area contributed by atoms with Crippen molar-refractivity contribution in [3.8, 4) is 0 Å². The van der Waals surface area contributed by atoms with Crippen molar-refractivity contribution in [2.24, 2.45) is 5.22 Å². The molecule has 0 fully saturated rings. The van der Waals surface area contributed by atoms with E-state index in [2.05, 4.69) is 5.22 Å². The van der Waals surface area contributed by atoms with Gasteiger partial charge in [-0.1, -0.05) is 48.5 Å². The molecule has 0 aliphatic rings. The maximum atomic E-state index is 13.8. The van der Waals surface area contributed by atoms with E-state index in [1.807, 2.05) is 42.0 Å². The molecule has 0 aliphatic carbocycles. The van der Waals surface area contributed by atoms with Crippen molar-refractivity contribution >= 4 is 84.8 Å². The maximum Gasteiger partial charge on any atom is 1.00 e. The van der Waals surface area contributed by atoms with Crippen molar-refractivity contribution < 1.29 is 106 Å². The van der Waals surface area contributed by atoms with Gasteiger partial charge in [-0.2, -0.15) is 26.3 Å². The molecule has 27 heteroatoms. The number of halogens is 8. The van der Waals surface area contributed by atoms with Crippen molar-refractivity contribution in [2.75, 3.05) is 26.7 Å². The Hall–Kier alpha value is -4.96. The second-order valence-corrected chi connectivity index (χ2v) is 21.7. The van der Waals surface area contributed by atoms with Gasteiger partial charge in [-0.25, -0.2) is 25.6 Å². The number of nitrogens with one attached hydrogen (secondary N) is 1. The third-order valence-electron chi connectivity index (χ3n) is 10.5. The van der Waals surface area contributed by atoms with Gasteiger partial charge in [-0.15, -0.1) is 22.7 Å². The van der Waals surface area contributed by atoms with E-state index in [0.29, 0.717) is 45.4 Å². The zero-order chi connectivity index (χ0) is 53.6. The first kappa shape index (κ1) is 62.3. The molecule has 0 saturated heterocycles. The second kappa shape index (κ2) is 27.5. The number of sulfonamides is 2. The molecule has 73 heavy (non-hydrogen) atoms. The summed E-state index contributed by atoms with van der Waals surface area (Å²) in [5.41, 5.74) is 6.09. The molecule has 0 atom stereocenters. The standard InChI is InChI=1S/C24H25F4NO4S2.C22H21F4NO4S2.H2N3O.Na/c1-3-33-22(30)10-6-7-13-35(31,32)29(23-16(2)18-8-4-5-9-21(18)34-23)15-17-11-12-20(25)19(14-17)24(26,27)28;1-14-16-6-2-3-7-19(16)32-21(14)27(33(30,31)11-5-4-8-20(28)29)13-15-9-10-18(23)17(12-15)22(24,25)26;1-2-3-4;/h4-5,8-9,11-12,14H,3,6-7,10,13,15H2,1-2H3;2-3,6-7,9-10,12H,4-5,8,11,13H2,1H3,(H,28,29);(H2-,1,2,3,4);/q;;-1;+1. The Morgan fingerprint density at radius 1 is 0.685 bits per heavy atom.